The predicted octanol–water partition coefficient (Wildman–Crippen LogP) is 4.07. The van der Waals surface area contributed by atoms with E-state index in [9.17, 15) is 22.8 Å². The van der Waals surface area contributed by atoms with Gasteiger partial charge in [0.25, 0.3) is 0 Å². The first-order valence-corrected chi connectivity index (χ1v) is 8.53. The molecule has 9 heteroatoms. The van der Waals surface area contributed by atoms with E-state index in [0.29, 0.717) is 11.3 Å². The lowest BCUT2D eigenvalue weighted by Crippen LogP contribution is -2.44. The van der Waals surface area contributed by atoms with Gasteiger partial charge in [-0.15, -0.1) is 0 Å². The van der Waals surface area contributed by atoms with Crippen LogP contribution in [0, 0.1) is 0 Å². The molecule has 3 N–H and O–H groups in total. The van der Waals surface area contributed by atoms with Gasteiger partial charge in [-0.05, 0) is 29.8 Å². The molecule has 1 aromatic heterocycles. The maximum Gasteiger partial charge on any atom is 0.416 e. The van der Waals surface area contributed by atoms with E-state index >= 15 is 0 Å². The largest absolute Gasteiger partial charge is 0.465 e. The Labute approximate surface area is 163 Å². The van der Waals surface area contributed by atoms with E-state index in [2.05, 4.69) is 15.6 Å². The van der Waals surface area contributed by atoms with Crippen molar-refractivity contribution >= 4 is 28.6 Å². The van der Waals surface area contributed by atoms with Gasteiger partial charge in [-0.25, -0.2) is 4.79 Å². The van der Waals surface area contributed by atoms with Gasteiger partial charge in [-0.2, -0.15) is 13.2 Å². The van der Waals surface area contributed by atoms with Gasteiger partial charge in [0, 0.05) is 11.8 Å². The number of para-hydroxylation sites is 1. The number of hydrogen-bond acceptors (Lipinski definition) is 3. The van der Waals surface area contributed by atoms with Crippen molar-refractivity contribution in [1.29, 1.82) is 0 Å². The molecule has 1 unspecified atom stereocenters. The van der Waals surface area contributed by atoms with Gasteiger partial charge in [-0.3, -0.25) is 9.78 Å². The van der Waals surface area contributed by atoms with E-state index in [-0.39, 0.29) is 6.42 Å². The third kappa shape index (κ3) is 5.22. The van der Waals surface area contributed by atoms with Crippen molar-refractivity contribution in [3.05, 3.63) is 71.9 Å². The van der Waals surface area contributed by atoms with Crippen LogP contribution in [0.2, 0.25) is 0 Å². The molecule has 150 valence electrons. The van der Waals surface area contributed by atoms with Crippen LogP contribution in [0.4, 0.5) is 23.7 Å². The second kappa shape index (κ2) is 8.17. The summed E-state index contributed by atoms with van der Waals surface area (Å²) in [4.78, 5) is 27.8. The fraction of sp³-hybridized carbons (Fsp3) is 0.150. The molecule has 0 saturated carbocycles. The second-order valence-corrected chi connectivity index (χ2v) is 6.31. The van der Waals surface area contributed by atoms with Gasteiger partial charge < -0.3 is 15.7 Å². The van der Waals surface area contributed by atoms with Gasteiger partial charge in [0.1, 0.15) is 6.04 Å². The zero-order valence-corrected chi connectivity index (χ0v) is 14.9. The van der Waals surface area contributed by atoms with Gasteiger partial charge >= 0.3 is 12.3 Å². The van der Waals surface area contributed by atoms with Crippen molar-refractivity contribution < 1.29 is 27.9 Å². The monoisotopic (exact) mass is 403 g/mol. The van der Waals surface area contributed by atoms with Crippen LogP contribution >= 0.6 is 0 Å². The van der Waals surface area contributed by atoms with Crippen molar-refractivity contribution in [2.24, 2.45) is 0 Å². The average molecular weight is 403 g/mol. The van der Waals surface area contributed by atoms with Gasteiger partial charge in [0.2, 0.25) is 5.91 Å². The molecule has 0 aliphatic heterocycles. The number of halogens is 3. The minimum atomic E-state index is -4.47. The molecule has 6 nitrogen and oxygen atoms in total. The standard InChI is InChI=1S/C20H16F3N3O3/c21-20(22,23)14-7-5-12(6-8-14)9-17(26-19(28)29)18(27)25-15-10-13-3-1-2-4-16(13)24-11-15/h1-8,10-11,17,26H,9H2,(H,25,27)(H,28,29). The molecule has 0 saturated heterocycles. The number of benzene rings is 2. The van der Waals surface area contributed by atoms with E-state index in [1.165, 1.54) is 18.3 Å². The number of carboxylic acid groups (broad SMARTS) is 1. The van der Waals surface area contributed by atoms with Gasteiger partial charge in [0.05, 0.1) is 23.0 Å². The van der Waals surface area contributed by atoms with Crippen LogP contribution in [0.25, 0.3) is 10.9 Å². The Morgan fingerprint density at radius 2 is 1.76 bits per heavy atom. The summed E-state index contributed by atoms with van der Waals surface area (Å²) in [5, 5.41) is 14.5. The van der Waals surface area contributed by atoms with E-state index in [1.54, 1.807) is 12.1 Å². The van der Waals surface area contributed by atoms with Crippen molar-refractivity contribution in [3.63, 3.8) is 0 Å². The van der Waals surface area contributed by atoms with Crippen LogP contribution in [-0.2, 0) is 17.4 Å². The minimum Gasteiger partial charge on any atom is -0.465 e. The first-order chi connectivity index (χ1) is 13.7. The first kappa shape index (κ1) is 20.1. The van der Waals surface area contributed by atoms with Crippen molar-refractivity contribution in [2.45, 2.75) is 18.6 Å². The molecule has 3 aromatic rings. The summed E-state index contributed by atoms with van der Waals surface area (Å²) in [6.45, 7) is 0. The molecule has 3 rings (SSSR count). The molecule has 1 heterocycles. The van der Waals surface area contributed by atoms with Crippen LogP contribution in [0.15, 0.2) is 60.8 Å². The molecule has 0 radical (unpaired) electrons. The van der Waals surface area contributed by atoms with Crippen molar-refractivity contribution in [3.8, 4) is 0 Å². The summed E-state index contributed by atoms with van der Waals surface area (Å²) in [6.07, 6.45) is -4.57. The maximum absolute atomic E-state index is 12.7. The fourth-order valence-corrected chi connectivity index (χ4v) is 2.79. The highest BCUT2D eigenvalue weighted by Gasteiger charge is 2.30. The number of carbonyl (C=O) groups excluding carboxylic acids is 1. The van der Waals surface area contributed by atoms with E-state index < -0.39 is 29.8 Å². The highest BCUT2D eigenvalue weighted by molar-refractivity contribution is 5.97. The Kier molecular flexibility index (Phi) is 5.67. The summed E-state index contributed by atoms with van der Waals surface area (Å²) < 4.78 is 38.0. The molecule has 0 aliphatic rings. The number of nitrogens with one attached hydrogen (secondary N) is 2. The Bertz CT molecular complexity index is 1040. The molecule has 29 heavy (non-hydrogen) atoms. The summed E-state index contributed by atoms with van der Waals surface area (Å²) in [7, 11) is 0. The normalized spacial score (nSPS) is 12.4. The van der Waals surface area contributed by atoms with Crippen LogP contribution < -0.4 is 10.6 Å². The number of fused-ring (bicyclic) bond motifs is 1. The predicted molar refractivity (Wildman–Crippen MR) is 100 cm³/mol. The maximum atomic E-state index is 12.7. The molecule has 0 bridgehead atoms. The number of rotatable bonds is 5. The number of carbonyl (C=O) groups is 2. The van der Waals surface area contributed by atoms with Gasteiger partial charge in [-0.1, -0.05) is 30.3 Å². The summed E-state index contributed by atoms with van der Waals surface area (Å²) in [5.74, 6) is -0.649. The highest BCUT2D eigenvalue weighted by atomic mass is 19.4. The molecule has 1 atom stereocenters. The zero-order valence-electron chi connectivity index (χ0n) is 14.9. The molecule has 2 amide bonds. The smallest absolute Gasteiger partial charge is 0.416 e. The molecule has 2 aromatic carbocycles. The lowest BCUT2D eigenvalue weighted by atomic mass is 10.0. The molecular weight excluding hydrogens is 387 g/mol. The summed E-state index contributed by atoms with van der Waals surface area (Å²) in [6, 6.07) is 11.9. The molecule has 0 aliphatic carbocycles. The number of amides is 2. The van der Waals surface area contributed by atoms with Gasteiger partial charge in [0.15, 0.2) is 0 Å². The zero-order chi connectivity index (χ0) is 21.0. The quantitative estimate of drug-likeness (QED) is 0.599. The topological polar surface area (TPSA) is 91.3 Å². The number of nitrogens with zero attached hydrogens (tertiary/aromatic N) is 1. The lowest BCUT2D eigenvalue weighted by molar-refractivity contribution is -0.137. The number of pyridine rings is 1. The lowest BCUT2D eigenvalue weighted by Gasteiger charge is -2.17. The van der Waals surface area contributed by atoms with Crippen molar-refractivity contribution in [2.75, 3.05) is 5.32 Å². The minimum absolute atomic E-state index is 0.114. The van der Waals surface area contributed by atoms with Crippen LogP contribution in [0.3, 0.4) is 0 Å². The van der Waals surface area contributed by atoms with E-state index in [1.807, 2.05) is 18.2 Å². The second-order valence-electron chi connectivity index (χ2n) is 6.31. The average Bonchev–Trinajstić information content (AvgIpc) is 2.66. The number of aromatic nitrogens is 1. The van der Waals surface area contributed by atoms with Crippen LogP contribution in [-0.4, -0.2) is 28.1 Å². The Morgan fingerprint density at radius 1 is 1.07 bits per heavy atom. The third-order valence-corrected chi connectivity index (χ3v) is 4.19. The van der Waals surface area contributed by atoms with E-state index in [0.717, 1.165) is 23.0 Å². The molecule has 0 spiro atoms. The van der Waals surface area contributed by atoms with Crippen LogP contribution in [0.1, 0.15) is 11.1 Å². The van der Waals surface area contributed by atoms with Crippen molar-refractivity contribution in [1.82, 2.24) is 10.3 Å². The Morgan fingerprint density at radius 3 is 2.41 bits per heavy atom. The summed E-state index contributed by atoms with van der Waals surface area (Å²) >= 11 is 0. The molecule has 0 fully saturated rings. The first-order valence-electron chi connectivity index (χ1n) is 8.53. The summed E-state index contributed by atoms with van der Waals surface area (Å²) in [5.41, 5.74) is 0.660. The number of anilines is 1. The number of alkyl halides is 3. The number of hydrogen-bond donors (Lipinski definition) is 3. The molecular formula is C20H16F3N3O3. The Hall–Kier alpha value is -3.62. The SMILES string of the molecule is O=C(O)NC(Cc1ccc(C(F)(F)F)cc1)C(=O)Nc1cnc2ccccc2c1. The third-order valence-electron chi connectivity index (χ3n) is 4.19. The van der Waals surface area contributed by atoms with E-state index in [4.69, 9.17) is 5.11 Å². The fourth-order valence-electron chi connectivity index (χ4n) is 2.79. The highest BCUT2D eigenvalue weighted by Crippen LogP contribution is 2.29. The Balaban J connectivity index is 1.76. The van der Waals surface area contributed by atoms with Crippen LogP contribution in [0.5, 0.6) is 0 Å².